The van der Waals surface area contributed by atoms with Crippen LogP contribution in [0.5, 0.6) is 0 Å². The first kappa shape index (κ1) is 19.9. The Morgan fingerprint density at radius 2 is 1.36 bits per heavy atom. The number of carbonyl (C=O) groups is 2. The molecule has 2 aliphatic carbocycles. The van der Waals surface area contributed by atoms with Gasteiger partial charge in [0.2, 0.25) is 5.78 Å². The van der Waals surface area contributed by atoms with Gasteiger partial charge in [-0.1, -0.05) is 70.5 Å². The van der Waals surface area contributed by atoms with E-state index in [1.54, 1.807) is 24.3 Å². The predicted octanol–water partition coefficient (Wildman–Crippen LogP) is 6.44. The topological polar surface area (TPSA) is 34.1 Å². The van der Waals surface area contributed by atoms with Gasteiger partial charge in [0.1, 0.15) is 0 Å². The maximum Gasteiger partial charge on any atom is 0.205 e. The first-order valence-corrected chi connectivity index (χ1v) is 9.76. The second-order valence-corrected chi connectivity index (χ2v) is 8.22. The van der Waals surface area contributed by atoms with Crippen LogP contribution in [-0.2, 0) is 0 Å². The van der Waals surface area contributed by atoms with Crippen molar-refractivity contribution in [2.75, 3.05) is 0 Å². The van der Waals surface area contributed by atoms with Crippen LogP contribution >= 0.6 is 11.6 Å². The molecule has 0 N–H and O–H groups in total. The van der Waals surface area contributed by atoms with E-state index in [2.05, 4.69) is 20.8 Å². The first-order valence-electron chi connectivity index (χ1n) is 9.38. The Morgan fingerprint density at radius 1 is 0.880 bits per heavy atom. The summed E-state index contributed by atoms with van der Waals surface area (Å²) in [6.07, 6.45) is 4.05. The smallest absolute Gasteiger partial charge is 0.205 e. The van der Waals surface area contributed by atoms with Gasteiger partial charge in [0.15, 0.2) is 5.78 Å². The zero-order valence-electron chi connectivity index (χ0n) is 16.0. The average molecular weight is 361 g/mol. The highest BCUT2D eigenvalue weighted by atomic mass is 35.5. The number of allylic oxidation sites excluding steroid dienone is 2. The largest absolute Gasteiger partial charge is 0.289 e. The van der Waals surface area contributed by atoms with Gasteiger partial charge in [-0.3, -0.25) is 9.59 Å². The van der Waals surface area contributed by atoms with Crippen molar-refractivity contribution < 1.29 is 9.59 Å². The molecule has 0 radical (unpaired) electrons. The van der Waals surface area contributed by atoms with E-state index in [0.29, 0.717) is 28.0 Å². The van der Waals surface area contributed by atoms with Crippen LogP contribution in [0.25, 0.3) is 0 Å². The van der Waals surface area contributed by atoms with Crippen molar-refractivity contribution in [1.29, 1.82) is 0 Å². The number of fused-ring (bicyclic) bond motifs is 1. The van der Waals surface area contributed by atoms with E-state index in [9.17, 15) is 9.59 Å². The highest BCUT2D eigenvalue weighted by Gasteiger charge is 2.38. The maximum atomic E-state index is 12.9. The molecule has 0 heterocycles. The van der Waals surface area contributed by atoms with Gasteiger partial charge in [0, 0.05) is 16.7 Å². The first-order chi connectivity index (χ1) is 11.8. The average Bonchev–Trinajstić information content (AvgIpc) is 2.61. The Balaban J connectivity index is 0.00000109. The van der Waals surface area contributed by atoms with Crippen LogP contribution in [0.1, 0.15) is 81.0 Å². The van der Waals surface area contributed by atoms with Crippen molar-refractivity contribution in [3.63, 3.8) is 0 Å². The van der Waals surface area contributed by atoms with Crippen LogP contribution in [0.3, 0.4) is 0 Å². The molecule has 1 aromatic rings. The number of rotatable bonds is 1. The lowest BCUT2D eigenvalue weighted by atomic mass is 9.67. The van der Waals surface area contributed by atoms with Crippen molar-refractivity contribution in [2.24, 2.45) is 17.3 Å². The molecule has 0 unspecified atom stereocenters. The third kappa shape index (κ3) is 3.89. The number of benzene rings is 1. The summed E-state index contributed by atoms with van der Waals surface area (Å²) in [6, 6.07) is 7.00. The van der Waals surface area contributed by atoms with Gasteiger partial charge in [-0.15, -0.1) is 0 Å². The predicted molar refractivity (Wildman–Crippen MR) is 104 cm³/mol. The van der Waals surface area contributed by atoms with Crippen LogP contribution in [0.15, 0.2) is 34.9 Å². The second kappa shape index (κ2) is 7.86. The lowest BCUT2D eigenvalue weighted by molar-refractivity contribution is 0.0955. The normalized spacial score (nSPS) is 23.8. The molecule has 2 nitrogen and oxygen atoms in total. The van der Waals surface area contributed by atoms with Gasteiger partial charge >= 0.3 is 0 Å². The van der Waals surface area contributed by atoms with Gasteiger partial charge in [0.05, 0.1) is 5.03 Å². The highest BCUT2D eigenvalue weighted by Crippen LogP contribution is 2.44. The molecule has 136 valence electrons. The molecule has 25 heavy (non-hydrogen) atoms. The Bertz CT molecular complexity index is 686. The third-order valence-electron chi connectivity index (χ3n) is 5.46. The molecule has 0 aliphatic heterocycles. The van der Waals surface area contributed by atoms with Crippen LogP contribution in [0.2, 0.25) is 0 Å². The molecule has 1 fully saturated rings. The third-order valence-corrected chi connectivity index (χ3v) is 5.83. The van der Waals surface area contributed by atoms with Gasteiger partial charge < -0.3 is 0 Å². The molecule has 0 spiro atoms. The molecule has 1 saturated carbocycles. The van der Waals surface area contributed by atoms with Crippen LogP contribution in [0, 0.1) is 17.3 Å². The van der Waals surface area contributed by atoms with E-state index in [1.807, 2.05) is 13.8 Å². The van der Waals surface area contributed by atoms with Crippen molar-refractivity contribution in [3.05, 3.63) is 46.0 Å². The van der Waals surface area contributed by atoms with Gasteiger partial charge in [0.25, 0.3) is 0 Å². The van der Waals surface area contributed by atoms with Crippen molar-refractivity contribution >= 4 is 23.2 Å². The van der Waals surface area contributed by atoms with Crippen molar-refractivity contribution in [3.8, 4) is 0 Å². The maximum absolute atomic E-state index is 12.9. The minimum absolute atomic E-state index is 0.0515. The number of hydrogen-bond acceptors (Lipinski definition) is 2. The van der Waals surface area contributed by atoms with E-state index in [1.165, 1.54) is 0 Å². The standard InChI is InChI=1S/C20H23ClO2.C2H6/c1-20(2,3)13-10-8-12(9-11-13)16-17(21)19(23)15-7-5-4-6-14(15)18(16)22;1-2/h4-7,12-13H,8-11H2,1-3H3;1-2H3. The fraction of sp³-hybridized carbons (Fsp3) is 0.545. The fourth-order valence-corrected chi connectivity index (χ4v) is 4.32. The number of halogens is 1. The molecule has 3 rings (SSSR count). The molecule has 0 atom stereocenters. The highest BCUT2D eigenvalue weighted by molar-refractivity contribution is 6.50. The molecular formula is C22H29ClO2. The summed E-state index contributed by atoms with van der Waals surface area (Å²) in [4.78, 5) is 25.4. The molecule has 0 aromatic heterocycles. The SMILES string of the molecule is CC.CC(C)(C)C1CCC(C2=C(Cl)C(=O)c3ccccc3C2=O)CC1. The van der Waals surface area contributed by atoms with E-state index < -0.39 is 0 Å². The minimum atomic E-state index is -0.199. The summed E-state index contributed by atoms with van der Waals surface area (Å²) in [5.74, 6) is 0.532. The minimum Gasteiger partial charge on any atom is -0.289 e. The van der Waals surface area contributed by atoms with Crippen LogP contribution in [-0.4, -0.2) is 11.6 Å². The monoisotopic (exact) mass is 360 g/mol. The van der Waals surface area contributed by atoms with Crippen molar-refractivity contribution in [2.45, 2.75) is 60.3 Å². The fourth-order valence-electron chi connectivity index (χ4n) is 3.98. The van der Waals surface area contributed by atoms with Crippen molar-refractivity contribution in [1.82, 2.24) is 0 Å². The summed E-state index contributed by atoms with van der Waals surface area (Å²) < 4.78 is 0. The van der Waals surface area contributed by atoms with Crippen LogP contribution in [0.4, 0.5) is 0 Å². The lowest BCUT2D eigenvalue weighted by Crippen LogP contribution is -2.30. The summed E-state index contributed by atoms with van der Waals surface area (Å²) in [7, 11) is 0. The van der Waals surface area contributed by atoms with Gasteiger partial charge in [-0.05, 0) is 42.9 Å². The van der Waals surface area contributed by atoms with Gasteiger partial charge in [-0.2, -0.15) is 0 Å². The number of Topliss-reactive ketones (excluding diaryl/α,β-unsaturated/α-hetero) is 2. The molecular weight excluding hydrogens is 332 g/mol. The van der Waals surface area contributed by atoms with Gasteiger partial charge in [-0.25, -0.2) is 0 Å². The molecule has 3 heteroatoms. The van der Waals surface area contributed by atoms with E-state index in [-0.39, 0.29) is 22.5 Å². The Hall–Kier alpha value is -1.41. The van der Waals surface area contributed by atoms with Crippen LogP contribution < -0.4 is 0 Å². The second-order valence-electron chi connectivity index (χ2n) is 7.85. The summed E-state index contributed by atoms with van der Waals surface area (Å²) in [5.41, 5.74) is 1.80. The summed E-state index contributed by atoms with van der Waals surface area (Å²) in [5, 5.41) is 0.146. The van der Waals surface area contributed by atoms with E-state index >= 15 is 0 Å². The molecule has 2 aliphatic rings. The summed E-state index contributed by atoms with van der Waals surface area (Å²) >= 11 is 6.32. The molecule has 0 amide bonds. The molecule has 0 saturated heterocycles. The Labute approximate surface area is 156 Å². The number of ketones is 2. The number of carbonyl (C=O) groups excluding carboxylic acids is 2. The van der Waals surface area contributed by atoms with E-state index in [4.69, 9.17) is 11.6 Å². The lowest BCUT2D eigenvalue weighted by Gasteiger charge is -2.38. The zero-order chi connectivity index (χ0) is 18.8. The number of hydrogen-bond donors (Lipinski definition) is 0. The van der Waals surface area contributed by atoms with E-state index in [0.717, 1.165) is 25.7 Å². The zero-order valence-corrected chi connectivity index (χ0v) is 16.7. The quantitative estimate of drug-likeness (QED) is 0.577. The molecule has 0 bridgehead atoms. The Kier molecular flexibility index (Phi) is 6.26. The Morgan fingerprint density at radius 3 is 1.84 bits per heavy atom. The summed E-state index contributed by atoms with van der Waals surface area (Å²) in [6.45, 7) is 10.8. The molecule has 1 aromatic carbocycles.